The van der Waals surface area contributed by atoms with Crippen molar-refractivity contribution in [1.29, 1.82) is 0 Å². The molecule has 0 saturated carbocycles. The van der Waals surface area contributed by atoms with Gasteiger partial charge in [0, 0.05) is 30.1 Å². The zero-order valence-electron chi connectivity index (χ0n) is 26.3. The van der Waals surface area contributed by atoms with Crippen molar-refractivity contribution in [2.24, 2.45) is 0 Å². The maximum atomic E-state index is 12.7. The Hall–Kier alpha value is -4.74. The lowest BCUT2D eigenvalue weighted by Crippen LogP contribution is -2.36. The summed E-state index contributed by atoms with van der Waals surface area (Å²) in [6.07, 6.45) is 7.87. The molecule has 0 spiro atoms. The summed E-state index contributed by atoms with van der Waals surface area (Å²) < 4.78 is 10.9. The van der Waals surface area contributed by atoms with Crippen LogP contribution in [0.3, 0.4) is 0 Å². The van der Waals surface area contributed by atoms with Gasteiger partial charge >= 0.3 is 12.2 Å². The standard InChI is InChI=1S/C32H40N8O4/c1-19(37-29(41)43-31(2,3)4)26-35-18-24(38-26)22-15-33-27(34-16-22)21-12-10-20(11-13-21)23-17-36-28(39-23)25-9-8-14-40(25)30(42)44-32(5,6)7/h10-13,15-19,25H,8-9,14H2,1-7H3,(H,35,38)(H,36,39)(H,37,41)/t19-,25+/m0/s1. The number of nitrogens with one attached hydrogen (secondary N) is 3. The van der Waals surface area contributed by atoms with Crippen molar-refractivity contribution < 1.29 is 19.1 Å². The number of carbonyl (C=O) groups is 2. The second-order valence-corrected chi connectivity index (χ2v) is 12.9. The van der Waals surface area contributed by atoms with Gasteiger partial charge in [-0.3, -0.25) is 4.90 Å². The van der Waals surface area contributed by atoms with Crippen molar-refractivity contribution in [3.05, 3.63) is 60.7 Å². The lowest BCUT2D eigenvalue weighted by Gasteiger charge is -2.27. The molecule has 5 rings (SSSR count). The Kier molecular flexibility index (Phi) is 8.44. The molecule has 0 aliphatic carbocycles. The summed E-state index contributed by atoms with van der Waals surface area (Å²) in [6, 6.07) is 7.40. The van der Waals surface area contributed by atoms with Gasteiger partial charge in [-0.15, -0.1) is 0 Å². The summed E-state index contributed by atoms with van der Waals surface area (Å²) in [7, 11) is 0. The zero-order valence-corrected chi connectivity index (χ0v) is 26.3. The Morgan fingerprint density at radius 1 is 0.841 bits per heavy atom. The average molecular weight is 601 g/mol. The van der Waals surface area contributed by atoms with Gasteiger partial charge in [-0.25, -0.2) is 29.5 Å². The van der Waals surface area contributed by atoms with Crippen LogP contribution in [0.1, 0.15) is 85.0 Å². The van der Waals surface area contributed by atoms with E-state index in [1.165, 1.54) is 0 Å². The number of hydrogen-bond acceptors (Lipinski definition) is 8. The molecule has 3 aromatic heterocycles. The summed E-state index contributed by atoms with van der Waals surface area (Å²) in [4.78, 5) is 51.3. The van der Waals surface area contributed by atoms with Crippen molar-refractivity contribution in [2.45, 2.75) is 84.6 Å². The molecule has 0 unspecified atom stereocenters. The van der Waals surface area contributed by atoms with E-state index in [1.54, 1.807) is 29.7 Å². The van der Waals surface area contributed by atoms with Crippen LogP contribution >= 0.6 is 0 Å². The van der Waals surface area contributed by atoms with Crippen molar-refractivity contribution in [3.8, 4) is 33.9 Å². The molecular weight excluding hydrogens is 560 g/mol. The molecule has 1 aliphatic heterocycles. The number of H-pyrrole nitrogens is 2. The number of rotatable bonds is 6. The predicted octanol–water partition coefficient (Wildman–Crippen LogP) is 6.58. The lowest BCUT2D eigenvalue weighted by molar-refractivity contribution is 0.0218. The molecule has 1 saturated heterocycles. The third-order valence-corrected chi connectivity index (χ3v) is 6.95. The molecular formula is C32H40N8O4. The van der Waals surface area contributed by atoms with E-state index < -0.39 is 17.3 Å². The molecule has 44 heavy (non-hydrogen) atoms. The minimum atomic E-state index is -0.581. The Morgan fingerprint density at radius 2 is 1.45 bits per heavy atom. The minimum Gasteiger partial charge on any atom is -0.444 e. The number of amides is 2. The van der Waals surface area contributed by atoms with E-state index in [0.717, 1.165) is 46.7 Å². The Morgan fingerprint density at radius 3 is 2.11 bits per heavy atom. The number of nitrogens with zero attached hydrogens (tertiary/aromatic N) is 5. The van der Waals surface area contributed by atoms with E-state index in [1.807, 2.05) is 72.7 Å². The molecule has 2 amide bonds. The zero-order chi connectivity index (χ0) is 31.6. The van der Waals surface area contributed by atoms with Crippen LogP contribution in [0.4, 0.5) is 9.59 Å². The molecule has 0 radical (unpaired) electrons. The van der Waals surface area contributed by atoms with Crippen LogP contribution in [-0.4, -0.2) is 64.7 Å². The highest BCUT2D eigenvalue weighted by atomic mass is 16.6. The molecule has 12 nitrogen and oxygen atoms in total. The SMILES string of the molecule is C[C@H](NC(=O)OC(C)(C)C)c1ncc(-c2cnc(-c3ccc(-c4cnc([C@H]5CCCN5C(=O)OC(C)(C)C)[nH]4)cc3)nc2)[nH]1. The molecule has 0 bridgehead atoms. The molecule has 232 valence electrons. The van der Waals surface area contributed by atoms with Gasteiger partial charge in [0.25, 0.3) is 0 Å². The number of aromatic nitrogens is 6. The summed E-state index contributed by atoms with van der Waals surface area (Å²) >= 11 is 0. The van der Waals surface area contributed by atoms with Crippen LogP contribution in [0.5, 0.6) is 0 Å². The van der Waals surface area contributed by atoms with Crippen LogP contribution in [0.15, 0.2) is 49.1 Å². The van der Waals surface area contributed by atoms with Gasteiger partial charge in [0.2, 0.25) is 0 Å². The molecule has 12 heteroatoms. The van der Waals surface area contributed by atoms with Crippen molar-refractivity contribution in [2.75, 3.05) is 6.54 Å². The highest BCUT2D eigenvalue weighted by molar-refractivity contribution is 5.70. The number of carbonyl (C=O) groups excluding carboxylic acids is 2. The first-order chi connectivity index (χ1) is 20.8. The van der Waals surface area contributed by atoms with Crippen LogP contribution in [0.25, 0.3) is 33.9 Å². The number of hydrogen-bond donors (Lipinski definition) is 3. The van der Waals surface area contributed by atoms with Crippen molar-refractivity contribution in [1.82, 2.24) is 40.1 Å². The largest absolute Gasteiger partial charge is 0.444 e. The van der Waals surface area contributed by atoms with E-state index in [9.17, 15) is 9.59 Å². The number of alkyl carbamates (subject to hydrolysis) is 1. The number of benzene rings is 1. The average Bonchev–Trinajstić information content (AvgIpc) is 3.72. The minimum absolute atomic E-state index is 0.139. The van der Waals surface area contributed by atoms with Crippen LogP contribution in [-0.2, 0) is 9.47 Å². The van der Waals surface area contributed by atoms with E-state index in [-0.39, 0.29) is 18.2 Å². The van der Waals surface area contributed by atoms with Crippen molar-refractivity contribution >= 4 is 12.2 Å². The third kappa shape index (κ3) is 7.42. The number of likely N-dealkylation sites (tertiary alicyclic amines) is 1. The van der Waals surface area contributed by atoms with E-state index >= 15 is 0 Å². The first-order valence-corrected chi connectivity index (χ1v) is 14.8. The molecule has 1 fully saturated rings. The molecule has 1 aliphatic rings. The highest BCUT2D eigenvalue weighted by Gasteiger charge is 2.34. The first-order valence-electron chi connectivity index (χ1n) is 14.8. The summed E-state index contributed by atoms with van der Waals surface area (Å²) in [5.41, 5.74) is 3.07. The second-order valence-electron chi connectivity index (χ2n) is 12.9. The first kappa shape index (κ1) is 30.7. The van der Waals surface area contributed by atoms with Gasteiger partial charge in [0.1, 0.15) is 22.9 Å². The molecule has 4 aromatic rings. The van der Waals surface area contributed by atoms with Gasteiger partial charge in [0.15, 0.2) is 5.82 Å². The van der Waals surface area contributed by atoms with Gasteiger partial charge < -0.3 is 24.8 Å². The van der Waals surface area contributed by atoms with Gasteiger partial charge in [-0.2, -0.15) is 0 Å². The van der Waals surface area contributed by atoms with Crippen LogP contribution < -0.4 is 5.32 Å². The number of aromatic amines is 2. The topological polar surface area (TPSA) is 151 Å². The number of ether oxygens (including phenoxy) is 2. The van der Waals surface area contributed by atoms with E-state index in [0.29, 0.717) is 18.2 Å². The fourth-order valence-corrected chi connectivity index (χ4v) is 4.91. The Balaban J connectivity index is 1.22. The predicted molar refractivity (Wildman–Crippen MR) is 165 cm³/mol. The molecule has 4 heterocycles. The normalized spacial score (nSPS) is 16.1. The van der Waals surface area contributed by atoms with Gasteiger partial charge in [-0.1, -0.05) is 24.3 Å². The molecule has 2 atom stereocenters. The maximum Gasteiger partial charge on any atom is 0.410 e. The van der Waals surface area contributed by atoms with Crippen molar-refractivity contribution in [3.63, 3.8) is 0 Å². The second kappa shape index (κ2) is 12.1. The van der Waals surface area contributed by atoms with E-state index in [2.05, 4.69) is 35.2 Å². The summed E-state index contributed by atoms with van der Waals surface area (Å²) in [5, 5.41) is 2.78. The number of imidazole rings is 2. The fraction of sp³-hybridized carbons (Fsp3) is 0.438. The third-order valence-electron chi connectivity index (χ3n) is 6.95. The van der Waals surface area contributed by atoms with E-state index in [4.69, 9.17) is 9.47 Å². The Labute approximate surface area is 257 Å². The van der Waals surface area contributed by atoms with Gasteiger partial charge in [0.05, 0.1) is 35.9 Å². The Bertz CT molecular complexity index is 1600. The molecule has 3 N–H and O–H groups in total. The highest BCUT2D eigenvalue weighted by Crippen LogP contribution is 2.33. The summed E-state index contributed by atoms with van der Waals surface area (Å²) in [5.74, 6) is 1.94. The quantitative estimate of drug-likeness (QED) is 0.224. The van der Waals surface area contributed by atoms with Crippen LogP contribution in [0.2, 0.25) is 0 Å². The lowest BCUT2D eigenvalue weighted by atomic mass is 10.1. The fourth-order valence-electron chi connectivity index (χ4n) is 4.91. The monoisotopic (exact) mass is 600 g/mol. The summed E-state index contributed by atoms with van der Waals surface area (Å²) in [6.45, 7) is 13.5. The maximum absolute atomic E-state index is 12.7. The smallest absolute Gasteiger partial charge is 0.410 e. The van der Waals surface area contributed by atoms with Crippen LogP contribution in [0, 0.1) is 0 Å². The molecule has 1 aromatic carbocycles. The van der Waals surface area contributed by atoms with Gasteiger partial charge in [-0.05, 0) is 66.9 Å².